The maximum atomic E-state index is 9.24. The van der Waals surface area contributed by atoms with Gasteiger partial charge in [0.15, 0.2) is 0 Å². The first-order valence-electron chi connectivity index (χ1n) is 5.64. The lowest BCUT2D eigenvalue weighted by Crippen LogP contribution is -2.38. The fourth-order valence-electron chi connectivity index (χ4n) is 1.76. The van der Waals surface area contributed by atoms with Gasteiger partial charge in [-0.25, -0.2) is 0 Å². The van der Waals surface area contributed by atoms with Gasteiger partial charge < -0.3 is 15.1 Å². The minimum Gasteiger partial charge on any atom is -0.396 e. The van der Waals surface area contributed by atoms with Crippen molar-refractivity contribution in [3.05, 3.63) is 34.3 Å². The Morgan fingerprint density at radius 2 is 1.71 bits per heavy atom. The van der Waals surface area contributed by atoms with Gasteiger partial charge in [-0.05, 0) is 24.7 Å². The van der Waals surface area contributed by atoms with E-state index in [1.54, 1.807) is 0 Å². The summed E-state index contributed by atoms with van der Waals surface area (Å²) in [4.78, 5) is 2.11. The van der Waals surface area contributed by atoms with E-state index in [0.717, 1.165) is 11.0 Å². The fourth-order valence-corrected chi connectivity index (χ4v) is 2.02. The van der Waals surface area contributed by atoms with Crippen LogP contribution in [0.1, 0.15) is 12.5 Å². The van der Waals surface area contributed by atoms with Gasteiger partial charge in [-0.3, -0.25) is 0 Å². The molecule has 0 saturated heterocycles. The second-order valence-corrected chi connectivity index (χ2v) is 5.84. The topological polar surface area (TPSA) is 43.7 Å². The molecule has 0 aliphatic carbocycles. The van der Waals surface area contributed by atoms with Crippen molar-refractivity contribution in [3.63, 3.8) is 0 Å². The quantitative estimate of drug-likeness (QED) is 0.843. The van der Waals surface area contributed by atoms with Crippen LogP contribution in [0.3, 0.4) is 0 Å². The van der Waals surface area contributed by atoms with Crippen LogP contribution in [-0.4, -0.2) is 41.9 Å². The number of nitrogens with zero attached hydrogens (tertiary/aromatic N) is 1. The van der Waals surface area contributed by atoms with Gasteiger partial charge in [-0.1, -0.05) is 35.0 Å². The van der Waals surface area contributed by atoms with Crippen LogP contribution in [0.15, 0.2) is 28.7 Å². The number of aliphatic hydroxyl groups excluding tert-OH is 2. The summed E-state index contributed by atoms with van der Waals surface area (Å²) < 4.78 is 1.07. The van der Waals surface area contributed by atoms with Crippen molar-refractivity contribution in [1.29, 1.82) is 0 Å². The molecule has 0 unspecified atom stereocenters. The van der Waals surface area contributed by atoms with Gasteiger partial charge >= 0.3 is 0 Å². The fraction of sp³-hybridized carbons (Fsp3) is 0.538. The number of hydrogen-bond donors (Lipinski definition) is 2. The van der Waals surface area contributed by atoms with E-state index in [4.69, 9.17) is 0 Å². The summed E-state index contributed by atoms with van der Waals surface area (Å²) in [5.74, 6) is 0. The van der Waals surface area contributed by atoms with Crippen LogP contribution in [0, 0.1) is 5.41 Å². The molecule has 0 radical (unpaired) electrons. The molecule has 0 saturated carbocycles. The number of rotatable bonds is 6. The summed E-state index contributed by atoms with van der Waals surface area (Å²) in [5, 5.41) is 18.5. The van der Waals surface area contributed by atoms with E-state index < -0.39 is 5.41 Å². The Bertz CT molecular complexity index is 336. The Morgan fingerprint density at radius 1 is 1.18 bits per heavy atom. The van der Waals surface area contributed by atoms with Crippen molar-refractivity contribution in [2.24, 2.45) is 5.41 Å². The van der Waals surface area contributed by atoms with E-state index in [9.17, 15) is 10.2 Å². The normalized spacial score (nSPS) is 12.1. The molecule has 96 valence electrons. The first-order chi connectivity index (χ1) is 7.99. The van der Waals surface area contributed by atoms with Crippen LogP contribution >= 0.6 is 15.9 Å². The third-order valence-corrected chi connectivity index (χ3v) is 3.31. The standard InChI is InChI=1S/C13H20BrNO2/c1-13(9-16,10-17)8-15(2)7-11-3-5-12(14)6-4-11/h3-6,16-17H,7-10H2,1-2H3. The molecule has 1 aromatic carbocycles. The largest absolute Gasteiger partial charge is 0.396 e. The first kappa shape index (κ1) is 14.6. The van der Waals surface area contributed by atoms with E-state index >= 15 is 0 Å². The first-order valence-corrected chi connectivity index (χ1v) is 6.43. The maximum absolute atomic E-state index is 9.24. The Balaban J connectivity index is 2.54. The lowest BCUT2D eigenvalue weighted by molar-refractivity contribution is 0.0402. The highest BCUT2D eigenvalue weighted by Gasteiger charge is 2.24. The van der Waals surface area contributed by atoms with Gasteiger partial charge in [0.1, 0.15) is 0 Å². The molecule has 17 heavy (non-hydrogen) atoms. The third-order valence-electron chi connectivity index (χ3n) is 2.78. The summed E-state index contributed by atoms with van der Waals surface area (Å²) in [7, 11) is 1.99. The summed E-state index contributed by atoms with van der Waals surface area (Å²) >= 11 is 3.40. The second-order valence-electron chi connectivity index (χ2n) is 4.93. The molecule has 0 atom stereocenters. The van der Waals surface area contributed by atoms with Crippen LogP contribution in [0.25, 0.3) is 0 Å². The summed E-state index contributed by atoms with van der Waals surface area (Å²) in [6.07, 6.45) is 0. The van der Waals surface area contributed by atoms with Crippen molar-refractivity contribution in [1.82, 2.24) is 4.90 Å². The maximum Gasteiger partial charge on any atom is 0.0519 e. The monoisotopic (exact) mass is 301 g/mol. The van der Waals surface area contributed by atoms with Crippen LogP contribution in [0.2, 0.25) is 0 Å². The summed E-state index contributed by atoms with van der Waals surface area (Å²) in [6, 6.07) is 8.16. The van der Waals surface area contributed by atoms with Gasteiger partial charge in [-0.2, -0.15) is 0 Å². The van der Waals surface area contributed by atoms with Gasteiger partial charge in [-0.15, -0.1) is 0 Å². The van der Waals surface area contributed by atoms with Crippen LogP contribution in [0.4, 0.5) is 0 Å². The molecular weight excluding hydrogens is 282 g/mol. The number of aliphatic hydroxyl groups is 2. The van der Waals surface area contributed by atoms with Gasteiger partial charge in [0, 0.05) is 23.0 Å². The molecule has 1 rings (SSSR count). The minimum absolute atomic E-state index is 0.00578. The second kappa shape index (κ2) is 6.50. The van der Waals surface area contributed by atoms with E-state index in [1.807, 2.05) is 26.1 Å². The van der Waals surface area contributed by atoms with E-state index in [-0.39, 0.29) is 13.2 Å². The van der Waals surface area contributed by atoms with E-state index in [1.165, 1.54) is 5.56 Å². The number of hydrogen-bond acceptors (Lipinski definition) is 3. The summed E-state index contributed by atoms with van der Waals surface area (Å²) in [6.45, 7) is 3.34. The van der Waals surface area contributed by atoms with Crippen LogP contribution in [-0.2, 0) is 6.54 Å². The molecule has 0 aromatic heterocycles. The lowest BCUT2D eigenvalue weighted by Gasteiger charge is -2.30. The number of halogens is 1. The molecule has 0 aliphatic rings. The molecule has 0 aliphatic heterocycles. The molecule has 0 heterocycles. The van der Waals surface area contributed by atoms with Crippen molar-refractivity contribution >= 4 is 15.9 Å². The van der Waals surface area contributed by atoms with Crippen molar-refractivity contribution < 1.29 is 10.2 Å². The Hall–Kier alpha value is -0.420. The zero-order valence-corrected chi connectivity index (χ0v) is 11.9. The third kappa shape index (κ3) is 4.76. The molecule has 0 spiro atoms. The Kier molecular flexibility index (Phi) is 5.59. The van der Waals surface area contributed by atoms with Crippen LogP contribution in [0.5, 0.6) is 0 Å². The smallest absolute Gasteiger partial charge is 0.0519 e. The molecule has 2 N–H and O–H groups in total. The van der Waals surface area contributed by atoms with Crippen LogP contribution < -0.4 is 0 Å². The molecule has 3 nitrogen and oxygen atoms in total. The molecule has 0 fully saturated rings. The highest BCUT2D eigenvalue weighted by atomic mass is 79.9. The van der Waals surface area contributed by atoms with E-state index in [2.05, 4.69) is 33.0 Å². The average molecular weight is 302 g/mol. The molecular formula is C13H20BrNO2. The zero-order valence-electron chi connectivity index (χ0n) is 10.4. The van der Waals surface area contributed by atoms with Gasteiger partial charge in [0.2, 0.25) is 0 Å². The van der Waals surface area contributed by atoms with Crippen molar-refractivity contribution in [3.8, 4) is 0 Å². The highest BCUT2D eigenvalue weighted by molar-refractivity contribution is 9.10. The predicted octanol–water partition coefficient (Wildman–Crippen LogP) is 1.87. The molecule has 0 amide bonds. The van der Waals surface area contributed by atoms with Gasteiger partial charge in [0.25, 0.3) is 0 Å². The van der Waals surface area contributed by atoms with Crippen molar-refractivity contribution in [2.45, 2.75) is 13.5 Å². The average Bonchev–Trinajstić information content (AvgIpc) is 2.32. The summed E-state index contributed by atoms with van der Waals surface area (Å²) in [5.41, 5.74) is 0.776. The molecule has 1 aromatic rings. The Morgan fingerprint density at radius 3 is 2.18 bits per heavy atom. The highest BCUT2D eigenvalue weighted by Crippen LogP contribution is 2.17. The SMILES string of the molecule is CN(Cc1ccc(Br)cc1)CC(C)(CO)CO. The van der Waals surface area contributed by atoms with Crippen molar-refractivity contribution in [2.75, 3.05) is 26.8 Å². The molecule has 0 bridgehead atoms. The zero-order chi connectivity index (χ0) is 12.9. The van der Waals surface area contributed by atoms with Gasteiger partial charge in [0.05, 0.1) is 13.2 Å². The van der Waals surface area contributed by atoms with E-state index in [0.29, 0.717) is 6.54 Å². The minimum atomic E-state index is -0.440. The Labute approximate surface area is 111 Å². The molecule has 4 heteroatoms. The lowest BCUT2D eigenvalue weighted by atomic mass is 9.92. The number of benzene rings is 1. The predicted molar refractivity (Wildman–Crippen MR) is 72.8 cm³/mol.